The molecule has 0 radical (unpaired) electrons. The number of nitrogens with zero attached hydrogens (tertiary/aromatic N) is 2. The summed E-state index contributed by atoms with van der Waals surface area (Å²) in [6.07, 6.45) is 6.34. The summed E-state index contributed by atoms with van der Waals surface area (Å²) in [6.45, 7) is 0.246. The van der Waals surface area contributed by atoms with Gasteiger partial charge in [0, 0.05) is 6.04 Å². The Balaban J connectivity index is 2.19. The van der Waals surface area contributed by atoms with Crippen LogP contribution in [0.1, 0.15) is 25.7 Å². The van der Waals surface area contributed by atoms with E-state index in [1.165, 1.54) is 12.8 Å². The number of nitrogens with two attached hydrogens (primary N) is 2. The Kier molecular flexibility index (Phi) is 3.46. The zero-order valence-electron chi connectivity index (χ0n) is 9.80. The minimum atomic E-state index is -0.311. The molecule has 1 fully saturated rings. The van der Waals surface area contributed by atoms with Crippen molar-refractivity contribution < 1.29 is 4.79 Å². The summed E-state index contributed by atoms with van der Waals surface area (Å²) < 4.78 is 0. The fourth-order valence-electron chi connectivity index (χ4n) is 2.38. The molecular weight excluding hydrogens is 216 g/mol. The van der Waals surface area contributed by atoms with E-state index in [4.69, 9.17) is 11.5 Å². The summed E-state index contributed by atoms with van der Waals surface area (Å²) in [6, 6.07) is 4.04. The molecule has 4 N–H and O–H groups in total. The molecule has 0 aromatic carbocycles. The zero-order valence-corrected chi connectivity index (χ0v) is 9.80. The molecule has 0 aliphatic heterocycles. The highest BCUT2D eigenvalue weighted by molar-refractivity contribution is 5.79. The van der Waals surface area contributed by atoms with E-state index in [-0.39, 0.29) is 12.5 Å². The third-order valence-electron chi connectivity index (χ3n) is 3.19. The maximum absolute atomic E-state index is 11.1. The van der Waals surface area contributed by atoms with Crippen molar-refractivity contribution in [1.82, 2.24) is 4.98 Å². The van der Waals surface area contributed by atoms with Crippen molar-refractivity contribution in [2.24, 2.45) is 5.73 Å². The van der Waals surface area contributed by atoms with Gasteiger partial charge in [0.05, 0.1) is 18.4 Å². The summed E-state index contributed by atoms with van der Waals surface area (Å²) in [5.41, 5.74) is 11.8. The molecule has 0 saturated heterocycles. The molecule has 92 valence electrons. The maximum Gasteiger partial charge on any atom is 0.236 e. The molecule has 17 heavy (non-hydrogen) atoms. The van der Waals surface area contributed by atoms with Crippen LogP contribution < -0.4 is 16.4 Å². The average molecular weight is 234 g/mol. The van der Waals surface area contributed by atoms with Crippen LogP contribution in [0.4, 0.5) is 11.5 Å². The predicted molar refractivity (Wildman–Crippen MR) is 67.4 cm³/mol. The van der Waals surface area contributed by atoms with Crippen LogP contribution in [0.2, 0.25) is 0 Å². The predicted octanol–water partition coefficient (Wildman–Crippen LogP) is 0.898. The van der Waals surface area contributed by atoms with E-state index in [9.17, 15) is 4.79 Å². The average Bonchev–Trinajstić information content (AvgIpc) is 2.80. The van der Waals surface area contributed by atoms with E-state index >= 15 is 0 Å². The number of pyridine rings is 1. The monoisotopic (exact) mass is 234 g/mol. The maximum atomic E-state index is 11.1. The lowest BCUT2D eigenvalue weighted by atomic mass is 10.2. The van der Waals surface area contributed by atoms with Crippen LogP contribution in [0.5, 0.6) is 0 Å². The van der Waals surface area contributed by atoms with Crippen molar-refractivity contribution in [1.29, 1.82) is 0 Å². The summed E-state index contributed by atoms with van der Waals surface area (Å²) in [7, 11) is 0. The highest BCUT2D eigenvalue weighted by Gasteiger charge is 2.24. The Labute approximate surface area is 101 Å². The van der Waals surface area contributed by atoms with Crippen LogP contribution in [0.25, 0.3) is 0 Å². The molecule has 1 heterocycles. The number of carbonyl (C=O) groups excluding carboxylic acids is 1. The van der Waals surface area contributed by atoms with Gasteiger partial charge in [-0.2, -0.15) is 0 Å². The normalized spacial score (nSPS) is 16.0. The third kappa shape index (κ3) is 2.87. The summed E-state index contributed by atoms with van der Waals surface area (Å²) >= 11 is 0. The second-order valence-electron chi connectivity index (χ2n) is 4.47. The molecule has 2 rings (SSSR count). The van der Waals surface area contributed by atoms with Crippen molar-refractivity contribution in [2.75, 3.05) is 17.2 Å². The number of amides is 1. The molecule has 0 atom stereocenters. The molecule has 0 spiro atoms. The van der Waals surface area contributed by atoms with Gasteiger partial charge in [-0.25, -0.2) is 4.98 Å². The van der Waals surface area contributed by atoms with Gasteiger partial charge < -0.3 is 16.4 Å². The molecule has 1 saturated carbocycles. The van der Waals surface area contributed by atoms with E-state index in [0.717, 1.165) is 18.5 Å². The van der Waals surface area contributed by atoms with Crippen molar-refractivity contribution in [2.45, 2.75) is 31.7 Å². The van der Waals surface area contributed by atoms with Gasteiger partial charge in [0.15, 0.2) is 0 Å². The quantitative estimate of drug-likeness (QED) is 0.810. The molecular formula is C12H18N4O. The lowest BCUT2D eigenvalue weighted by molar-refractivity contribution is -0.116. The first-order valence-electron chi connectivity index (χ1n) is 5.93. The lowest BCUT2D eigenvalue weighted by Gasteiger charge is -2.29. The van der Waals surface area contributed by atoms with E-state index in [1.807, 2.05) is 11.0 Å². The van der Waals surface area contributed by atoms with Crippen LogP contribution in [-0.4, -0.2) is 23.5 Å². The van der Waals surface area contributed by atoms with Crippen molar-refractivity contribution >= 4 is 17.4 Å². The van der Waals surface area contributed by atoms with Crippen LogP contribution in [0.15, 0.2) is 18.3 Å². The Hall–Kier alpha value is -1.78. The zero-order chi connectivity index (χ0) is 12.3. The van der Waals surface area contributed by atoms with Crippen LogP contribution >= 0.6 is 0 Å². The highest BCUT2D eigenvalue weighted by atomic mass is 16.1. The van der Waals surface area contributed by atoms with Crippen LogP contribution in [0, 0.1) is 0 Å². The number of carbonyl (C=O) groups is 1. The summed E-state index contributed by atoms with van der Waals surface area (Å²) in [4.78, 5) is 17.2. The van der Waals surface area contributed by atoms with Gasteiger partial charge in [-0.3, -0.25) is 4.79 Å². The van der Waals surface area contributed by atoms with Gasteiger partial charge >= 0.3 is 0 Å². The number of rotatable bonds is 4. The molecule has 5 nitrogen and oxygen atoms in total. The Morgan fingerprint density at radius 1 is 1.41 bits per heavy atom. The summed E-state index contributed by atoms with van der Waals surface area (Å²) in [5, 5.41) is 0. The minimum absolute atomic E-state index is 0.246. The Bertz CT molecular complexity index is 384. The SMILES string of the molecule is NC(=O)CN(c1ccc(N)nc1)C1CCCC1. The highest BCUT2D eigenvalue weighted by Crippen LogP contribution is 2.27. The number of aromatic nitrogens is 1. The molecule has 0 bridgehead atoms. The smallest absolute Gasteiger partial charge is 0.236 e. The number of hydrogen-bond donors (Lipinski definition) is 2. The number of anilines is 2. The summed E-state index contributed by atoms with van der Waals surface area (Å²) in [5.74, 6) is 0.174. The largest absolute Gasteiger partial charge is 0.384 e. The molecule has 5 heteroatoms. The van der Waals surface area contributed by atoms with E-state index in [0.29, 0.717) is 11.9 Å². The standard InChI is InChI=1S/C12H18N4O/c13-11-6-5-10(7-15-11)16(8-12(14)17)9-3-1-2-4-9/h5-7,9H,1-4,8H2,(H2,13,15)(H2,14,17). The van der Waals surface area contributed by atoms with Crippen molar-refractivity contribution in [3.05, 3.63) is 18.3 Å². The molecule has 1 aliphatic rings. The second-order valence-corrected chi connectivity index (χ2v) is 4.47. The first-order chi connectivity index (χ1) is 8.16. The number of hydrogen-bond acceptors (Lipinski definition) is 4. The van der Waals surface area contributed by atoms with Gasteiger partial charge in [-0.05, 0) is 25.0 Å². The minimum Gasteiger partial charge on any atom is -0.384 e. The van der Waals surface area contributed by atoms with Gasteiger partial charge in [-0.15, -0.1) is 0 Å². The lowest BCUT2D eigenvalue weighted by Crippen LogP contribution is -2.40. The van der Waals surface area contributed by atoms with E-state index in [2.05, 4.69) is 4.98 Å². The number of primary amides is 1. The fourth-order valence-corrected chi connectivity index (χ4v) is 2.38. The Morgan fingerprint density at radius 2 is 2.12 bits per heavy atom. The molecule has 0 unspecified atom stereocenters. The second kappa shape index (κ2) is 5.03. The van der Waals surface area contributed by atoms with E-state index < -0.39 is 0 Å². The Morgan fingerprint density at radius 3 is 2.65 bits per heavy atom. The molecule has 1 aromatic heterocycles. The van der Waals surface area contributed by atoms with Crippen LogP contribution in [-0.2, 0) is 4.79 Å². The van der Waals surface area contributed by atoms with Crippen molar-refractivity contribution in [3.8, 4) is 0 Å². The molecule has 1 aliphatic carbocycles. The van der Waals surface area contributed by atoms with Gasteiger partial charge in [0.1, 0.15) is 5.82 Å². The first kappa shape index (κ1) is 11.7. The van der Waals surface area contributed by atoms with Crippen LogP contribution in [0.3, 0.4) is 0 Å². The third-order valence-corrected chi connectivity index (χ3v) is 3.19. The molecule has 1 aromatic rings. The topological polar surface area (TPSA) is 85.2 Å². The van der Waals surface area contributed by atoms with Gasteiger partial charge in [0.25, 0.3) is 0 Å². The van der Waals surface area contributed by atoms with E-state index in [1.54, 1.807) is 12.3 Å². The molecule has 1 amide bonds. The first-order valence-corrected chi connectivity index (χ1v) is 5.93. The van der Waals surface area contributed by atoms with Gasteiger partial charge in [-0.1, -0.05) is 12.8 Å². The van der Waals surface area contributed by atoms with Gasteiger partial charge in [0.2, 0.25) is 5.91 Å². The fraction of sp³-hybridized carbons (Fsp3) is 0.500. The van der Waals surface area contributed by atoms with Crippen molar-refractivity contribution in [3.63, 3.8) is 0 Å². The number of nitrogen functional groups attached to an aromatic ring is 1.